The van der Waals surface area contributed by atoms with E-state index < -0.39 is 0 Å². The molecule has 0 aliphatic carbocycles. The molecule has 1 N–H and O–H groups in total. The first-order valence-corrected chi connectivity index (χ1v) is 7.84. The summed E-state index contributed by atoms with van der Waals surface area (Å²) in [5.41, 5.74) is 2.52. The molecule has 24 heavy (non-hydrogen) atoms. The third kappa shape index (κ3) is 3.08. The molecule has 1 aromatic heterocycles. The van der Waals surface area contributed by atoms with Gasteiger partial charge in [-0.1, -0.05) is 45.0 Å². The standard InChI is InChI=1S/C20H20N2O2/c1-20(2,3)15-9-10-18(23)17(11-15)19(24)14-12-21-22(13-14)16-7-5-4-6-8-16/h4-13,23H,1-3H3. The van der Waals surface area contributed by atoms with Crippen LogP contribution in [-0.2, 0) is 5.41 Å². The van der Waals surface area contributed by atoms with E-state index in [-0.39, 0.29) is 16.9 Å². The first kappa shape index (κ1) is 16.0. The van der Waals surface area contributed by atoms with E-state index >= 15 is 0 Å². The Bertz CT molecular complexity index is 874. The lowest BCUT2D eigenvalue weighted by molar-refractivity contribution is 0.103. The molecule has 0 aliphatic heterocycles. The Hall–Kier alpha value is -2.88. The normalized spacial score (nSPS) is 11.5. The molecule has 0 bridgehead atoms. The van der Waals surface area contributed by atoms with Crippen molar-refractivity contribution < 1.29 is 9.90 Å². The van der Waals surface area contributed by atoms with Crippen LogP contribution in [0.15, 0.2) is 60.9 Å². The SMILES string of the molecule is CC(C)(C)c1ccc(O)c(C(=O)c2cnn(-c3ccccc3)c2)c1. The first-order chi connectivity index (χ1) is 11.4. The summed E-state index contributed by atoms with van der Waals surface area (Å²) in [6, 6.07) is 14.8. The molecule has 4 heteroatoms. The summed E-state index contributed by atoms with van der Waals surface area (Å²) >= 11 is 0. The van der Waals surface area contributed by atoms with Crippen molar-refractivity contribution in [3.8, 4) is 11.4 Å². The van der Waals surface area contributed by atoms with Crippen LogP contribution in [0.1, 0.15) is 42.3 Å². The Morgan fingerprint density at radius 1 is 1.08 bits per heavy atom. The number of carbonyl (C=O) groups excluding carboxylic acids is 1. The van der Waals surface area contributed by atoms with Crippen molar-refractivity contribution in [2.75, 3.05) is 0 Å². The van der Waals surface area contributed by atoms with Gasteiger partial charge in [0, 0.05) is 6.20 Å². The number of phenolic OH excluding ortho intramolecular Hbond substituents is 1. The van der Waals surface area contributed by atoms with Gasteiger partial charge in [0.25, 0.3) is 0 Å². The Labute approximate surface area is 141 Å². The van der Waals surface area contributed by atoms with E-state index in [1.165, 1.54) is 6.20 Å². The second-order valence-corrected chi connectivity index (χ2v) is 6.82. The lowest BCUT2D eigenvalue weighted by Gasteiger charge is -2.20. The van der Waals surface area contributed by atoms with E-state index in [1.807, 2.05) is 36.4 Å². The molecule has 3 rings (SSSR count). The van der Waals surface area contributed by atoms with E-state index in [4.69, 9.17) is 0 Å². The van der Waals surface area contributed by atoms with E-state index in [9.17, 15) is 9.90 Å². The van der Waals surface area contributed by atoms with Crippen molar-refractivity contribution in [3.05, 3.63) is 77.6 Å². The highest BCUT2D eigenvalue weighted by Crippen LogP contribution is 2.28. The fraction of sp³-hybridized carbons (Fsp3) is 0.200. The van der Waals surface area contributed by atoms with Crippen LogP contribution in [0.5, 0.6) is 5.75 Å². The smallest absolute Gasteiger partial charge is 0.199 e. The predicted molar refractivity (Wildman–Crippen MR) is 93.8 cm³/mol. The van der Waals surface area contributed by atoms with Crippen molar-refractivity contribution in [2.45, 2.75) is 26.2 Å². The molecule has 0 saturated carbocycles. The van der Waals surface area contributed by atoms with Gasteiger partial charge >= 0.3 is 0 Å². The van der Waals surface area contributed by atoms with Gasteiger partial charge in [-0.3, -0.25) is 4.79 Å². The van der Waals surface area contributed by atoms with Crippen LogP contribution in [0.2, 0.25) is 0 Å². The quantitative estimate of drug-likeness (QED) is 0.739. The second-order valence-electron chi connectivity index (χ2n) is 6.82. The zero-order valence-electron chi connectivity index (χ0n) is 14.0. The minimum Gasteiger partial charge on any atom is -0.507 e. The van der Waals surface area contributed by atoms with Gasteiger partial charge in [0.15, 0.2) is 5.78 Å². The van der Waals surface area contributed by atoms with Crippen LogP contribution in [-0.4, -0.2) is 20.7 Å². The molecule has 0 amide bonds. The second kappa shape index (κ2) is 5.96. The summed E-state index contributed by atoms with van der Waals surface area (Å²) in [5, 5.41) is 14.4. The maximum absolute atomic E-state index is 12.8. The molecule has 0 fully saturated rings. The van der Waals surface area contributed by atoms with Crippen LogP contribution in [0, 0.1) is 0 Å². The van der Waals surface area contributed by atoms with E-state index in [0.717, 1.165) is 11.3 Å². The van der Waals surface area contributed by atoms with Crippen molar-refractivity contribution in [2.24, 2.45) is 0 Å². The number of ketones is 1. The molecule has 122 valence electrons. The summed E-state index contributed by atoms with van der Waals surface area (Å²) in [5.74, 6) is -0.249. The molecule has 0 spiro atoms. The maximum atomic E-state index is 12.8. The minimum atomic E-state index is -0.235. The first-order valence-electron chi connectivity index (χ1n) is 7.84. The Balaban J connectivity index is 1.97. The number of phenols is 1. The van der Waals surface area contributed by atoms with Gasteiger partial charge in [-0.2, -0.15) is 5.10 Å². The van der Waals surface area contributed by atoms with Gasteiger partial charge in [0.2, 0.25) is 0 Å². The predicted octanol–water partition coefficient (Wildman–Crippen LogP) is 4.11. The van der Waals surface area contributed by atoms with Gasteiger partial charge in [-0.25, -0.2) is 4.68 Å². The number of carbonyl (C=O) groups is 1. The molecule has 0 radical (unpaired) electrons. The highest BCUT2D eigenvalue weighted by molar-refractivity contribution is 6.10. The number of nitrogens with zero attached hydrogens (tertiary/aromatic N) is 2. The van der Waals surface area contributed by atoms with Crippen LogP contribution >= 0.6 is 0 Å². The minimum absolute atomic E-state index is 0.0135. The average molecular weight is 320 g/mol. The lowest BCUT2D eigenvalue weighted by atomic mass is 9.85. The maximum Gasteiger partial charge on any atom is 0.199 e. The van der Waals surface area contributed by atoms with Gasteiger partial charge < -0.3 is 5.11 Å². The van der Waals surface area contributed by atoms with Crippen molar-refractivity contribution >= 4 is 5.78 Å². The summed E-state index contributed by atoms with van der Waals surface area (Å²) in [6.45, 7) is 6.21. The molecule has 3 aromatic rings. The largest absolute Gasteiger partial charge is 0.507 e. The van der Waals surface area contributed by atoms with E-state index in [0.29, 0.717) is 11.1 Å². The molecule has 0 saturated heterocycles. The molecule has 2 aromatic carbocycles. The molecule has 0 aliphatic rings. The van der Waals surface area contributed by atoms with Crippen molar-refractivity contribution in [3.63, 3.8) is 0 Å². The fourth-order valence-corrected chi connectivity index (χ4v) is 2.50. The molecule has 0 unspecified atom stereocenters. The van der Waals surface area contributed by atoms with Gasteiger partial charge in [-0.15, -0.1) is 0 Å². The number of hydrogen-bond acceptors (Lipinski definition) is 3. The third-order valence-electron chi connectivity index (χ3n) is 3.97. The van der Waals surface area contributed by atoms with E-state index in [1.54, 1.807) is 23.0 Å². The van der Waals surface area contributed by atoms with Crippen LogP contribution in [0.25, 0.3) is 5.69 Å². The monoisotopic (exact) mass is 320 g/mol. The van der Waals surface area contributed by atoms with Crippen molar-refractivity contribution in [1.29, 1.82) is 0 Å². The van der Waals surface area contributed by atoms with Crippen LogP contribution in [0.3, 0.4) is 0 Å². The van der Waals surface area contributed by atoms with Crippen molar-refractivity contribution in [1.82, 2.24) is 9.78 Å². The number of para-hydroxylation sites is 1. The third-order valence-corrected chi connectivity index (χ3v) is 3.97. The molecular formula is C20H20N2O2. The van der Waals surface area contributed by atoms with Gasteiger partial charge in [-0.05, 0) is 35.2 Å². The summed E-state index contributed by atoms with van der Waals surface area (Å²) < 4.78 is 1.65. The van der Waals surface area contributed by atoms with Gasteiger partial charge in [0.05, 0.1) is 23.0 Å². The number of aromatic hydroxyl groups is 1. The van der Waals surface area contributed by atoms with Gasteiger partial charge in [0.1, 0.15) is 5.75 Å². The summed E-state index contributed by atoms with van der Waals surface area (Å²) in [6.07, 6.45) is 3.21. The molecule has 0 atom stereocenters. The highest BCUT2D eigenvalue weighted by Gasteiger charge is 2.20. The number of rotatable bonds is 3. The fourth-order valence-electron chi connectivity index (χ4n) is 2.50. The molecular weight excluding hydrogens is 300 g/mol. The number of benzene rings is 2. The van der Waals surface area contributed by atoms with Crippen LogP contribution in [0.4, 0.5) is 0 Å². The number of aromatic nitrogens is 2. The molecule has 4 nitrogen and oxygen atoms in total. The zero-order valence-corrected chi connectivity index (χ0v) is 14.0. The molecule has 1 heterocycles. The lowest BCUT2D eigenvalue weighted by Crippen LogP contribution is -2.12. The van der Waals surface area contributed by atoms with E-state index in [2.05, 4.69) is 25.9 Å². The zero-order chi connectivity index (χ0) is 17.3. The summed E-state index contributed by atoms with van der Waals surface area (Å²) in [7, 11) is 0. The Kier molecular flexibility index (Phi) is 3.97. The number of hydrogen-bond donors (Lipinski definition) is 1. The topological polar surface area (TPSA) is 55.1 Å². The highest BCUT2D eigenvalue weighted by atomic mass is 16.3. The van der Waals surface area contributed by atoms with Crippen LogP contribution < -0.4 is 0 Å². The average Bonchev–Trinajstić information content (AvgIpc) is 3.04. The Morgan fingerprint density at radius 2 is 1.79 bits per heavy atom. The Morgan fingerprint density at radius 3 is 2.46 bits per heavy atom. The summed E-state index contributed by atoms with van der Waals surface area (Å²) in [4.78, 5) is 12.8.